The molecule has 0 aliphatic carbocycles. The number of carboxylic acid groups (broad SMARTS) is 1. The van der Waals surface area contributed by atoms with Gasteiger partial charge < -0.3 is 14.9 Å². The maximum absolute atomic E-state index is 13.1. The Balaban J connectivity index is 1.73. The first-order chi connectivity index (χ1) is 14.4. The maximum atomic E-state index is 13.1. The van der Waals surface area contributed by atoms with Crippen LogP contribution in [0.1, 0.15) is 25.9 Å². The fourth-order valence-electron chi connectivity index (χ4n) is 2.80. The zero-order chi connectivity index (χ0) is 21.3. The molecular weight excluding hydrogens is 422 g/mol. The number of phenols is 1. The van der Waals surface area contributed by atoms with Gasteiger partial charge in [-0.15, -0.1) is 22.7 Å². The van der Waals surface area contributed by atoms with Gasteiger partial charge in [0.1, 0.15) is 16.4 Å². The van der Waals surface area contributed by atoms with E-state index in [-0.39, 0.29) is 11.5 Å². The number of aryl methyl sites for hydroxylation is 1. The number of carboxylic acids is 1. The molecule has 0 spiro atoms. The molecule has 2 aromatic heterocycles. The summed E-state index contributed by atoms with van der Waals surface area (Å²) in [6, 6.07) is 11.7. The number of hydrogen-bond acceptors (Lipinski definition) is 7. The SMILES string of the molecule is Cc1csc(C(=O)c2sc3cc(O)ccc3c2Oc2ccc(/C=C/C(=O)O)cc2)n1. The molecule has 0 atom stereocenters. The molecule has 2 aromatic carbocycles. The van der Waals surface area contributed by atoms with Crippen molar-refractivity contribution in [3.05, 3.63) is 75.1 Å². The van der Waals surface area contributed by atoms with Crippen LogP contribution in [0, 0.1) is 6.92 Å². The van der Waals surface area contributed by atoms with Gasteiger partial charge in [0.25, 0.3) is 0 Å². The number of benzene rings is 2. The van der Waals surface area contributed by atoms with Crippen LogP contribution in [0.5, 0.6) is 17.2 Å². The number of rotatable bonds is 6. The molecule has 0 saturated heterocycles. The number of thiazole rings is 1. The largest absolute Gasteiger partial charge is 0.508 e. The number of ketones is 1. The highest BCUT2D eigenvalue weighted by molar-refractivity contribution is 7.22. The smallest absolute Gasteiger partial charge is 0.328 e. The Hall–Kier alpha value is -3.49. The van der Waals surface area contributed by atoms with Crippen molar-refractivity contribution in [3.8, 4) is 17.2 Å². The minimum Gasteiger partial charge on any atom is -0.508 e. The monoisotopic (exact) mass is 437 g/mol. The number of aromatic hydroxyl groups is 1. The van der Waals surface area contributed by atoms with Gasteiger partial charge in [0.2, 0.25) is 5.78 Å². The lowest BCUT2D eigenvalue weighted by molar-refractivity contribution is -0.131. The second-order valence-corrected chi connectivity index (χ2v) is 8.32. The molecular formula is C22H15NO5S2. The number of carbonyl (C=O) groups excluding carboxylic acids is 1. The van der Waals surface area contributed by atoms with Crippen LogP contribution in [-0.2, 0) is 4.79 Å². The highest BCUT2D eigenvalue weighted by Crippen LogP contribution is 2.42. The third kappa shape index (κ3) is 4.10. The number of thiophene rings is 1. The molecule has 2 heterocycles. The zero-order valence-corrected chi connectivity index (χ0v) is 17.3. The standard InChI is InChI=1S/C22H15NO5S2/c1-12-11-29-22(23-12)19(27)21-20(16-8-5-14(24)10-17(16)30-21)28-15-6-2-13(3-7-15)4-9-18(25)26/h2-11,24H,1H3,(H,25,26)/b9-4+. The first kappa shape index (κ1) is 19.8. The predicted molar refractivity (Wildman–Crippen MR) is 117 cm³/mol. The van der Waals surface area contributed by atoms with Crippen LogP contribution in [-0.4, -0.2) is 26.9 Å². The van der Waals surface area contributed by atoms with E-state index in [9.17, 15) is 14.7 Å². The number of phenolic OH excluding ortho intramolecular Hbond substituents is 1. The van der Waals surface area contributed by atoms with E-state index in [0.29, 0.717) is 32.3 Å². The van der Waals surface area contributed by atoms with E-state index in [2.05, 4.69) is 4.98 Å². The summed E-state index contributed by atoms with van der Waals surface area (Å²) in [5, 5.41) is 21.5. The van der Waals surface area contributed by atoms with E-state index in [1.165, 1.54) is 28.7 Å². The molecule has 0 bridgehead atoms. The van der Waals surface area contributed by atoms with Gasteiger partial charge in [-0.3, -0.25) is 4.79 Å². The Kier molecular flexibility index (Phi) is 5.35. The van der Waals surface area contributed by atoms with Crippen molar-refractivity contribution in [2.75, 3.05) is 0 Å². The van der Waals surface area contributed by atoms with Gasteiger partial charge in [-0.1, -0.05) is 12.1 Å². The normalized spacial score (nSPS) is 11.2. The van der Waals surface area contributed by atoms with Crippen LogP contribution in [0.2, 0.25) is 0 Å². The number of aromatic nitrogens is 1. The van der Waals surface area contributed by atoms with Gasteiger partial charge in [0, 0.05) is 27.2 Å². The number of fused-ring (bicyclic) bond motifs is 1. The molecule has 0 amide bonds. The van der Waals surface area contributed by atoms with Crippen LogP contribution in [0.15, 0.2) is 53.9 Å². The van der Waals surface area contributed by atoms with Gasteiger partial charge in [-0.2, -0.15) is 0 Å². The van der Waals surface area contributed by atoms with E-state index < -0.39 is 5.97 Å². The van der Waals surface area contributed by atoms with Crippen LogP contribution >= 0.6 is 22.7 Å². The second-order valence-electron chi connectivity index (χ2n) is 6.41. The lowest BCUT2D eigenvalue weighted by Gasteiger charge is -2.07. The number of hydrogen-bond donors (Lipinski definition) is 2. The third-order valence-corrected chi connectivity index (χ3v) is 6.26. The highest BCUT2D eigenvalue weighted by Gasteiger charge is 2.24. The molecule has 0 aliphatic heterocycles. The van der Waals surface area contributed by atoms with Crippen molar-refractivity contribution < 1.29 is 24.5 Å². The molecule has 4 rings (SSSR count). The first-order valence-electron chi connectivity index (χ1n) is 8.82. The van der Waals surface area contributed by atoms with Crippen LogP contribution < -0.4 is 4.74 Å². The Morgan fingerprint density at radius 3 is 2.57 bits per heavy atom. The van der Waals surface area contributed by atoms with Crippen molar-refractivity contribution in [1.82, 2.24) is 4.98 Å². The Morgan fingerprint density at radius 1 is 1.13 bits per heavy atom. The van der Waals surface area contributed by atoms with Gasteiger partial charge in [0.05, 0.1) is 0 Å². The summed E-state index contributed by atoms with van der Waals surface area (Å²) < 4.78 is 6.80. The fraction of sp³-hybridized carbons (Fsp3) is 0.0455. The van der Waals surface area contributed by atoms with Gasteiger partial charge in [0.15, 0.2) is 10.8 Å². The first-order valence-corrected chi connectivity index (χ1v) is 10.5. The van der Waals surface area contributed by atoms with E-state index in [1.807, 2.05) is 12.3 Å². The van der Waals surface area contributed by atoms with E-state index in [4.69, 9.17) is 9.84 Å². The molecule has 4 aromatic rings. The quantitative estimate of drug-likeness (QED) is 0.306. The molecule has 6 nitrogen and oxygen atoms in total. The molecule has 150 valence electrons. The number of carbonyl (C=O) groups is 2. The number of nitrogens with zero attached hydrogens (tertiary/aromatic N) is 1. The van der Waals surface area contributed by atoms with Crippen molar-refractivity contribution >= 4 is 50.6 Å². The summed E-state index contributed by atoms with van der Waals surface area (Å²) in [5.41, 5.74) is 1.48. The van der Waals surface area contributed by atoms with Gasteiger partial charge in [-0.05, 0) is 48.9 Å². The second kappa shape index (κ2) is 8.10. The summed E-state index contributed by atoms with van der Waals surface area (Å²) in [6.07, 6.45) is 2.54. The Morgan fingerprint density at radius 2 is 1.90 bits per heavy atom. The molecule has 2 N–H and O–H groups in total. The molecule has 0 unspecified atom stereocenters. The van der Waals surface area contributed by atoms with Crippen molar-refractivity contribution in [3.63, 3.8) is 0 Å². The molecule has 30 heavy (non-hydrogen) atoms. The van der Waals surface area contributed by atoms with Gasteiger partial charge >= 0.3 is 5.97 Å². The Labute approximate surface area is 179 Å². The summed E-state index contributed by atoms with van der Waals surface area (Å²) in [4.78, 5) is 28.4. The van der Waals surface area contributed by atoms with E-state index >= 15 is 0 Å². The third-order valence-electron chi connectivity index (χ3n) is 4.17. The number of ether oxygens (including phenoxy) is 1. The molecule has 0 aliphatic rings. The lowest BCUT2D eigenvalue weighted by Crippen LogP contribution is -2.00. The summed E-state index contributed by atoms with van der Waals surface area (Å²) in [6.45, 7) is 1.83. The van der Waals surface area contributed by atoms with Crippen molar-refractivity contribution in [1.29, 1.82) is 0 Å². The molecule has 0 radical (unpaired) electrons. The zero-order valence-electron chi connectivity index (χ0n) is 15.7. The number of aliphatic carboxylic acids is 1. The minimum atomic E-state index is -1.02. The van der Waals surface area contributed by atoms with Gasteiger partial charge in [-0.25, -0.2) is 9.78 Å². The molecule has 0 fully saturated rings. The topological polar surface area (TPSA) is 96.7 Å². The van der Waals surface area contributed by atoms with Crippen molar-refractivity contribution in [2.24, 2.45) is 0 Å². The fourth-order valence-corrected chi connectivity index (χ4v) is 4.71. The minimum absolute atomic E-state index is 0.106. The highest BCUT2D eigenvalue weighted by atomic mass is 32.1. The summed E-state index contributed by atoms with van der Waals surface area (Å²) in [5.74, 6) is -0.246. The van der Waals surface area contributed by atoms with Crippen molar-refractivity contribution in [2.45, 2.75) is 6.92 Å². The van der Waals surface area contributed by atoms with E-state index in [0.717, 1.165) is 16.5 Å². The van der Waals surface area contributed by atoms with Crippen LogP contribution in [0.25, 0.3) is 16.2 Å². The average molecular weight is 437 g/mol. The molecule has 0 saturated carbocycles. The molecule has 8 heteroatoms. The van der Waals surface area contributed by atoms with Crippen LogP contribution in [0.4, 0.5) is 0 Å². The summed E-state index contributed by atoms with van der Waals surface area (Å²) in [7, 11) is 0. The Bertz CT molecular complexity index is 1280. The summed E-state index contributed by atoms with van der Waals surface area (Å²) >= 11 is 2.52. The predicted octanol–water partition coefficient (Wildman–Crippen LogP) is 5.49. The maximum Gasteiger partial charge on any atom is 0.328 e. The average Bonchev–Trinajstić information content (AvgIpc) is 3.30. The van der Waals surface area contributed by atoms with Crippen LogP contribution in [0.3, 0.4) is 0 Å². The van der Waals surface area contributed by atoms with E-state index in [1.54, 1.807) is 42.5 Å². The lowest BCUT2D eigenvalue weighted by atomic mass is 10.2.